The lowest BCUT2D eigenvalue weighted by atomic mass is 9.97. The smallest absolute Gasteiger partial charge is 0.0715 e. The van der Waals surface area contributed by atoms with Crippen molar-refractivity contribution in [3.63, 3.8) is 0 Å². The lowest BCUT2D eigenvalue weighted by molar-refractivity contribution is 1.49. The van der Waals surface area contributed by atoms with Gasteiger partial charge in [-0.15, -0.1) is 0 Å². The van der Waals surface area contributed by atoms with E-state index in [1.807, 2.05) is 6.07 Å². The molecule has 2 nitrogen and oxygen atoms in total. The fourth-order valence-corrected chi connectivity index (χ4v) is 4.13. The Bertz CT molecular complexity index is 1470. The van der Waals surface area contributed by atoms with Crippen LogP contribution in [0.25, 0.3) is 54.7 Å². The monoisotopic (exact) mass is 344 g/mol. The summed E-state index contributed by atoms with van der Waals surface area (Å²) < 4.78 is 0. The van der Waals surface area contributed by atoms with Gasteiger partial charge in [-0.05, 0) is 29.8 Å². The van der Waals surface area contributed by atoms with Gasteiger partial charge in [0, 0.05) is 32.6 Å². The van der Waals surface area contributed by atoms with Gasteiger partial charge in [0.25, 0.3) is 0 Å². The molecule has 6 aromatic rings. The number of hydrogen-bond donors (Lipinski definition) is 1. The van der Waals surface area contributed by atoms with E-state index < -0.39 is 0 Å². The van der Waals surface area contributed by atoms with E-state index in [0.29, 0.717) is 0 Å². The number of para-hydroxylation sites is 3. The van der Waals surface area contributed by atoms with Gasteiger partial charge in [-0.1, -0.05) is 66.7 Å². The lowest BCUT2D eigenvalue weighted by Gasteiger charge is -2.09. The third-order valence-electron chi connectivity index (χ3n) is 5.39. The number of fused-ring (bicyclic) bond motifs is 5. The van der Waals surface area contributed by atoms with Crippen molar-refractivity contribution in [1.82, 2.24) is 9.97 Å². The van der Waals surface area contributed by atoms with E-state index >= 15 is 0 Å². The molecule has 0 aliphatic rings. The predicted molar refractivity (Wildman–Crippen MR) is 114 cm³/mol. The number of aromatic nitrogens is 2. The normalized spacial score (nSPS) is 11.7. The van der Waals surface area contributed by atoms with Crippen LogP contribution in [0.3, 0.4) is 0 Å². The second-order valence-corrected chi connectivity index (χ2v) is 6.95. The summed E-state index contributed by atoms with van der Waals surface area (Å²) in [5, 5.41) is 4.87. The van der Waals surface area contributed by atoms with Gasteiger partial charge in [0.2, 0.25) is 0 Å². The molecule has 1 N–H and O–H groups in total. The molecule has 4 aromatic carbocycles. The molecular formula is C25H16N2. The average molecular weight is 344 g/mol. The van der Waals surface area contributed by atoms with Crippen LogP contribution >= 0.6 is 0 Å². The molecule has 2 heteroatoms. The van der Waals surface area contributed by atoms with Crippen LogP contribution in [-0.2, 0) is 0 Å². The fraction of sp³-hybridized carbons (Fsp3) is 0. The van der Waals surface area contributed by atoms with Crippen molar-refractivity contribution < 1.29 is 0 Å². The minimum absolute atomic E-state index is 1.03. The summed E-state index contributed by atoms with van der Waals surface area (Å²) in [4.78, 5) is 8.50. The zero-order valence-electron chi connectivity index (χ0n) is 14.6. The SMILES string of the molecule is c1ccc2nc3cccc(-c4cccc5c4[nH]c4ccccc45)c3cc2c1. The molecule has 0 aliphatic heterocycles. The van der Waals surface area contributed by atoms with Crippen LogP contribution in [0.5, 0.6) is 0 Å². The first kappa shape index (κ1) is 14.5. The van der Waals surface area contributed by atoms with E-state index in [-0.39, 0.29) is 0 Å². The van der Waals surface area contributed by atoms with Crippen molar-refractivity contribution in [2.24, 2.45) is 0 Å². The molecule has 0 spiro atoms. The third-order valence-corrected chi connectivity index (χ3v) is 5.39. The molecule has 0 saturated heterocycles. The number of H-pyrrole nitrogens is 1. The van der Waals surface area contributed by atoms with Crippen LogP contribution in [0.4, 0.5) is 0 Å². The van der Waals surface area contributed by atoms with Crippen LogP contribution in [-0.4, -0.2) is 9.97 Å². The molecular weight excluding hydrogens is 328 g/mol. The first-order valence-electron chi connectivity index (χ1n) is 9.17. The van der Waals surface area contributed by atoms with Gasteiger partial charge in [-0.2, -0.15) is 0 Å². The molecule has 0 amide bonds. The van der Waals surface area contributed by atoms with E-state index in [4.69, 9.17) is 4.98 Å². The van der Waals surface area contributed by atoms with Gasteiger partial charge < -0.3 is 4.98 Å². The van der Waals surface area contributed by atoms with Crippen molar-refractivity contribution in [1.29, 1.82) is 0 Å². The Labute approximate surface area is 156 Å². The molecule has 0 fully saturated rings. The van der Waals surface area contributed by atoms with Crippen molar-refractivity contribution in [3.05, 3.63) is 91.0 Å². The maximum atomic E-state index is 4.88. The molecule has 0 aliphatic carbocycles. The van der Waals surface area contributed by atoms with Gasteiger partial charge >= 0.3 is 0 Å². The number of nitrogens with one attached hydrogen (secondary N) is 1. The molecule has 6 rings (SSSR count). The van der Waals surface area contributed by atoms with E-state index in [2.05, 4.69) is 89.9 Å². The second-order valence-electron chi connectivity index (χ2n) is 6.95. The molecule has 126 valence electrons. The van der Waals surface area contributed by atoms with Crippen LogP contribution in [0.2, 0.25) is 0 Å². The van der Waals surface area contributed by atoms with Crippen LogP contribution < -0.4 is 0 Å². The Morgan fingerprint density at radius 1 is 0.556 bits per heavy atom. The van der Waals surface area contributed by atoms with Gasteiger partial charge in [0.1, 0.15) is 0 Å². The predicted octanol–water partition coefficient (Wildman–Crippen LogP) is 6.69. The molecule has 0 saturated carbocycles. The number of benzene rings is 4. The fourth-order valence-electron chi connectivity index (χ4n) is 4.13. The van der Waals surface area contributed by atoms with Crippen LogP contribution in [0.1, 0.15) is 0 Å². The van der Waals surface area contributed by atoms with Crippen molar-refractivity contribution in [3.8, 4) is 11.1 Å². The molecule has 0 bridgehead atoms. The van der Waals surface area contributed by atoms with Crippen LogP contribution in [0.15, 0.2) is 91.0 Å². The topological polar surface area (TPSA) is 28.7 Å². The molecule has 27 heavy (non-hydrogen) atoms. The van der Waals surface area contributed by atoms with E-state index in [1.165, 1.54) is 43.7 Å². The molecule has 2 heterocycles. The Morgan fingerprint density at radius 2 is 1.30 bits per heavy atom. The molecule has 0 unspecified atom stereocenters. The summed E-state index contributed by atoms with van der Waals surface area (Å²) in [5.41, 5.74) is 6.84. The quantitative estimate of drug-likeness (QED) is 0.331. The first-order valence-corrected chi connectivity index (χ1v) is 9.17. The highest BCUT2D eigenvalue weighted by atomic mass is 14.7. The Balaban J connectivity index is 1.74. The zero-order chi connectivity index (χ0) is 17.8. The van der Waals surface area contributed by atoms with E-state index in [0.717, 1.165) is 11.0 Å². The average Bonchev–Trinajstić information content (AvgIpc) is 3.11. The van der Waals surface area contributed by atoms with Gasteiger partial charge in [-0.25, -0.2) is 4.98 Å². The first-order chi connectivity index (χ1) is 13.4. The summed E-state index contributed by atoms with van der Waals surface area (Å²) >= 11 is 0. The second kappa shape index (κ2) is 5.42. The Kier molecular flexibility index (Phi) is 2.91. The van der Waals surface area contributed by atoms with E-state index in [9.17, 15) is 0 Å². The van der Waals surface area contributed by atoms with E-state index in [1.54, 1.807) is 0 Å². The summed E-state index contributed by atoms with van der Waals surface area (Å²) in [6, 6.07) is 32.0. The number of rotatable bonds is 1. The number of hydrogen-bond acceptors (Lipinski definition) is 1. The highest BCUT2D eigenvalue weighted by Crippen LogP contribution is 2.36. The van der Waals surface area contributed by atoms with Crippen molar-refractivity contribution in [2.45, 2.75) is 0 Å². The van der Waals surface area contributed by atoms with Gasteiger partial charge in [0.15, 0.2) is 0 Å². The zero-order valence-corrected chi connectivity index (χ0v) is 14.6. The van der Waals surface area contributed by atoms with Crippen molar-refractivity contribution in [2.75, 3.05) is 0 Å². The summed E-state index contributed by atoms with van der Waals surface area (Å²) in [6.07, 6.45) is 0. The maximum absolute atomic E-state index is 4.88. The summed E-state index contributed by atoms with van der Waals surface area (Å²) in [5.74, 6) is 0. The van der Waals surface area contributed by atoms with Gasteiger partial charge in [0.05, 0.1) is 16.6 Å². The standard InChI is InChI=1S/C25H16N2/c1-3-12-22-16(7-1)15-21-17(9-6-14-24(21)26-22)19-10-5-11-20-18-8-2-4-13-23(18)27-25(19)20/h1-15,27H. The molecule has 2 aromatic heterocycles. The minimum Gasteiger partial charge on any atom is -0.354 e. The van der Waals surface area contributed by atoms with Gasteiger partial charge in [-0.3, -0.25) is 0 Å². The largest absolute Gasteiger partial charge is 0.354 e. The number of aromatic amines is 1. The highest BCUT2D eigenvalue weighted by Gasteiger charge is 2.12. The minimum atomic E-state index is 1.03. The number of nitrogens with zero attached hydrogens (tertiary/aromatic N) is 1. The Morgan fingerprint density at radius 3 is 2.30 bits per heavy atom. The maximum Gasteiger partial charge on any atom is 0.0715 e. The summed E-state index contributed by atoms with van der Waals surface area (Å²) in [6.45, 7) is 0. The lowest BCUT2D eigenvalue weighted by Crippen LogP contribution is -1.87. The number of pyridine rings is 1. The van der Waals surface area contributed by atoms with Crippen molar-refractivity contribution >= 4 is 43.6 Å². The third kappa shape index (κ3) is 2.10. The van der Waals surface area contributed by atoms with Crippen LogP contribution in [0, 0.1) is 0 Å². The molecule has 0 atom stereocenters. The highest BCUT2D eigenvalue weighted by molar-refractivity contribution is 6.14. The molecule has 0 radical (unpaired) electrons. The summed E-state index contributed by atoms with van der Waals surface area (Å²) in [7, 11) is 0. The Hall–Kier alpha value is -3.65.